The number of fused-ring (bicyclic) bond motifs is 1. The Morgan fingerprint density at radius 1 is 1.02 bits per heavy atom. The van der Waals surface area contributed by atoms with Crippen LogP contribution in [-0.4, -0.2) is 76.7 Å². The van der Waals surface area contributed by atoms with Gasteiger partial charge in [0.15, 0.2) is 12.1 Å². The number of aromatic nitrogens is 1. The van der Waals surface area contributed by atoms with Gasteiger partial charge in [-0.25, -0.2) is 8.78 Å². The Morgan fingerprint density at radius 3 is 2.26 bits per heavy atom. The maximum atomic E-state index is 14.7. The number of ketones is 1. The second kappa shape index (κ2) is 18.1. The molecule has 1 saturated heterocycles. The summed E-state index contributed by atoms with van der Waals surface area (Å²) in [5.41, 5.74) is 0.713. The maximum Gasteiger partial charge on any atom is 0.373 e. The molecule has 2 amide bonds. The monoisotopic (exact) mass is 783 g/mol. The molecule has 53 heavy (non-hydrogen) atoms. The van der Waals surface area contributed by atoms with Gasteiger partial charge in [0.2, 0.25) is 24.4 Å². The van der Waals surface area contributed by atoms with Crippen molar-refractivity contribution in [3.05, 3.63) is 64.6 Å². The standard InChI is InChI=1S/C35H41ClF2N3O11P/c1-6-32(44)49-21(4)51-53(47,52-22(5)50-33(45)7-2)19-48-25-11-12-26-27(20(3)42)17-40(29(26)14-25)18-31(43)41-16-24(37)13-30(41)35(46)39-15-23-9-8-10-28(36)34(23)38/h8-12,14,17,21-22,24,30H,6-7,13,15-16,18-19H2,1-5H3,(H,39,46)/t21?,22?,24-,30+,53?/m1/s1. The van der Waals surface area contributed by atoms with E-state index < -0.39 is 74.9 Å². The lowest BCUT2D eigenvalue weighted by atomic mass is 10.1. The van der Waals surface area contributed by atoms with E-state index in [2.05, 4.69) is 5.32 Å². The molecular formula is C35H41ClF2N3O11P. The highest BCUT2D eigenvalue weighted by Crippen LogP contribution is 2.51. The molecule has 2 heterocycles. The minimum Gasteiger partial charge on any atom is -0.481 e. The molecule has 0 radical (unpaired) electrons. The SMILES string of the molecule is CCC(=O)OC(C)OP(=O)(COc1ccc2c(C(C)=O)cn(CC(=O)N3C[C@H](F)C[C@H]3C(=O)NCc3cccc(Cl)c3F)c2c1)OC(C)OC(=O)CC. The predicted molar refractivity (Wildman–Crippen MR) is 187 cm³/mol. The van der Waals surface area contributed by atoms with Gasteiger partial charge < -0.3 is 29.0 Å². The van der Waals surface area contributed by atoms with Crippen LogP contribution in [0.3, 0.4) is 0 Å². The van der Waals surface area contributed by atoms with Crippen LogP contribution in [0.25, 0.3) is 10.9 Å². The van der Waals surface area contributed by atoms with Crippen LogP contribution in [0.2, 0.25) is 5.02 Å². The number of hydrogen-bond acceptors (Lipinski definition) is 11. The van der Waals surface area contributed by atoms with Gasteiger partial charge in [0.05, 0.1) is 17.1 Å². The largest absolute Gasteiger partial charge is 0.481 e. The summed E-state index contributed by atoms with van der Waals surface area (Å²) in [4.78, 5) is 64.0. The zero-order chi connectivity index (χ0) is 39.0. The molecule has 1 aliphatic heterocycles. The third-order valence-corrected chi connectivity index (χ3v) is 10.0. The summed E-state index contributed by atoms with van der Waals surface area (Å²) in [5.74, 6) is -3.50. The van der Waals surface area contributed by atoms with Crippen LogP contribution in [0.5, 0.6) is 5.75 Å². The molecule has 2 unspecified atom stereocenters. The number of nitrogens with one attached hydrogen (secondary N) is 1. The van der Waals surface area contributed by atoms with Gasteiger partial charge >= 0.3 is 19.5 Å². The fourth-order valence-electron chi connectivity index (χ4n) is 5.58. The summed E-state index contributed by atoms with van der Waals surface area (Å²) in [5, 5.41) is 2.87. The van der Waals surface area contributed by atoms with Crippen LogP contribution < -0.4 is 10.1 Å². The van der Waals surface area contributed by atoms with Gasteiger partial charge in [0.25, 0.3) is 0 Å². The topological polar surface area (TPSA) is 169 Å². The number of alkyl halides is 1. The summed E-state index contributed by atoms with van der Waals surface area (Å²) in [6, 6.07) is 7.62. The minimum absolute atomic E-state index is 0.0233. The number of Topliss-reactive ketones (excluding diaryl/α,β-unsaturated/α-hetero) is 1. The van der Waals surface area contributed by atoms with E-state index in [0.29, 0.717) is 10.9 Å². The van der Waals surface area contributed by atoms with Gasteiger partial charge in [-0.05, 0) is 39.0 Å². The fraction of sp³-hybridized carbons (Fsp3) is 0.457. The first-order valence-electron chi connectivity index (χ1n) is 16.8. The number of esters is 2. The molecule has 1 aromatic heterocycles. The molecule has 0 bridgehead atoms. The van der Waals surface area contributed by atoms with E-state index in [1.165, 1.54) is 61.9 Å². The Hall–Kier alpha value is -4.37. The quantitative estimate of drug-likeness (QED) is 0.0732. The zero-order valence-electron chi connectivity index (χ0n) is 29.8. The van der Waals surface area contributed by atoms with Crippen molar-refractivity contribution in [2.24, 2.45) is 0 Å². The number of rotatable bonds is 17. The van der Waals surface area contributed by atoms with Crippen molar-refractivity contribution in [2.45, 2.75) is 91.8 Å². The number of carbonyl (C=O) groups is 5. The van der Waals surface area contributed by atoms with Crippen LogP contribution in [-0.2, 0) is 55.4 Å². The number of hydrogen-bond donors (Lipinski definition) is 1. The number of benzene rings is 2. The second-order valence-electron chi connectivity index (χ2n) is 12.1. The third kappa shape index (κ3) is 10.8. The number of nitrogens with zero attached hydrogens (tertiary/aromatic N) is 2. The van der Waals surface area contributed by atoms with E-state index in [0.717, 1.165) is 4.90 Å². The molecule has 1 aliphatic rings. The summed E-state index contributed by atoms with van der Waals surface area (Å²) < 4.78 is 71.1. The van der Waals surface area contributed by atoms with Crippen molar-refractivity contribution in [1.29, 1.82) is 0 Å². The van der Waals surface area contributed by atoms with Gasteiger partial charge in [0, 0.05) is 54.6 Å². The number of halogens is 3. The van der Waals surface area contributed by atoms with E-state index in [1.54, 1.807) is 19.9 Å². The normalized spacial score (nSPS) is 17.8. The number of ether oxygens (including phenoxy) is 3. The van der Waals surface area contributed by atoms with Crippen molar-refractivity contribution in [3.63, 3.8) is 0 Å². The highest BCUT2D eigenvalue weighted by molar-refractivity contribution is 7.53. The predicted octanol–water partition coefficient (Wildman–Crippen LogP) is 6.05. The van der Waals surface area contributed by atoms with Crippen LogP contribution in [0.1, 0.15) is 69.8 Å². The van der Waals surface area contributed by atoms with Crippen LogP contribution in [0, 0.1) is 5.82 Å². The summed E-state index contributed by atoms with van der Waals surface area (Å²) in [6.45, 7) is 6.11. The number of carbonyl (C=O) groups excluding carboxylic acids is 5. The minimum atomic E-state index is -4.30. The molecule has 0 spiro atoms. The fourth-order valence-corrected chi connectivity index (χ4v) is 7.24. The molecule has 14 nitrogen and oxygen atoms in total. The van der Waals surface area contributed by atoms with Crippen molar-refractivity contribution in [1.82, 2.24) is 14.8 Å². The average Bonchev–Trinajstić information content (AvgIpc) is 3.67. The smallest absolute Gasteiger partial charge is 0.373 e. The molecule has 2 aromatic carbocycles. The average molecular weight is 784 g/mol. The second-order valence-corrected chi connectivity index (χ2v) is 14.5. The van der Waals surface area contributed by atoms with Crippen LogP contribution in [0.15, 0.2) is 42.6 Å². The van der Waals surface area contributed by atoms with Gasteiger partial charge in [0.1, 0.15) is 30.3 Å². The number of amides is 2. The first kappa shape index (κ1) is 41.4. The van der Waals surface area contributed by atoms with Crippen molar-refractivity contribution < 1.29 is 60.6 Å². The number of likely N-dealkylation sites (tertiary alicyclic amines) is 1. The Labute approximate surface area is 309 Å². The van der Waals surface area contributed by atoms with E-state index in [9.17, 15) is 37.3 Å². The lowest BCUT2D eigenvalue weighted by Crippen LogP contribution is -2.46. The lowest BCUT2D eigenvalue weighted by molar-refractivity contribution is -0.167. The van der Waals surface area contributed by atoms with Crippen LogP contribution >= 0.6 is 19.2 Å². The molecule has 4 atom stereocenters. The molecule has 288 valence electrons. The highest BCUT2D eigenvalue weighted by Gasteiger charge is 2.40. The van der Waals surface area contributed by atoms with Crippen molar-refractivity contribution >= 4 is 59.6 Å². The molecule has 1 fully saturated rings. The molecule has 18 heteroatoms. The first-order valence-corrected chi connectivity index (χ1v) is 18.9. The molecule has 0 saturated carbocycles. The highest BCUT2D eigenvalue weighted by atomic mass is 35.5. The maximum absolute atomic E-state index is 14.7. The molecule has 4 rings (SSSR count). The van der Waals surface area contributed by atoms with Gasteiger partial charge in [-0.1, -0.05) is 37.6 Å². The van der Waals surface area contributed by atoms with Gasteiger partial charge in [-0.3, -0.25) is 37.6 Å². The summed E-state index contributed by atoms with van der Waals surface area (Å²) in [7, 11) is -4.30. The Morgan fingerprint density at radius 2 is 1.66 bits per heavy atom. The summed E-state index contributed by atoms with van der Waals surface area (Å²) in [6.07, 6.45) is -3.66. The van der Waals surface area contributed by atoms with E-state index >= 15 is 0 Å². The molecule has 0 aliphatic carbocycles. The van der Waals surface area contributed by atoms with Crippen molar-refractivity contribution in [2.75, 3.05) is 12.9 Å². The van der Waals surface area contributed by atoms with E-state index in [4.69, 9.17) is 34.9 Å². The van der Waals surface area contributed by atoms with Crippen LogP contribution in [0.4, 0.5) is 8.78 Å². The van der Waals surface area contributed by atoms with Gasteiger partial charge in [-0.2, -0.15) is 0 Å². The summed E-state index contributed by atoms with van der Waals surface area (Å²) >= 11 is 5.83. The van der Waals surface area contributed by atoms with Crippen molar-refractivity contribution in [3.8, 4) is 5.75 Å². The Bertz CT molecular complexity index is 1880. The Kier molecular flexibility index (Phi) is 14.1. The lowest BCUT2D eigenvalue weighted by Gasteiger charge is -2.25. The first-order chi connectivity index (χ1) is 25.0. The molecule has 1 N–H and O–H groups in total. The van der Waals surface area contributed by atoms with Gasteiger partial charge in [-0.15, -0.1) is 0 Å². The third-order valence-electron chi connectivity index (χ3n) is 8.08. The Balaban J connectivity index is 1.54. The zero-order valence-corrected chi connectivity index (χ0v) is 31.4. The molecule has 3 aromatic rings. The van der Waals surface area contributed by atoms with E-state index in [1.807, 2.05) is 0 Å². The van der Waals surface area contributed by atoms with E-state index in [-0.39, 0.29) is 60.0 Å². The molecular weight excluding hydrogens is 743 g/mol.